The van der Waals surface area contributed by atoms with Crippen LogP contribution in [0.25, 0.3) is 21.3 Å². The molecule has 0 radical (unpaired) electrons. The highest BCUT2D eigenvalue weighted by Crippen LogP contribution is 2.45. The van der Waals surface area contributed by atoms with Crippen molar-refractivity contribution in [3.05, 3.63) is 87.4 Å². The van der Waals surface area contributed by atoms with E-state index in [1.54, 1.807) is 0 Å². The number of hydrogen-bond donors (Lipinski definition) is 0. The van der Waals surface area contributed by atoms with Crippen LogP contribution < -0.4 is 0 Å². The first-order valence-corrected chi connectivity index (χ1v) is 14.3. The third-order valence-corrected chi connectivity index (χ3v) is 8.49. The van der Waals surface area contributed by atoms with Crippen molar-refractivity contribution in [3.8, 4) is 11.1 Å². The summed E-state index contributed by atoms with van der Waals surface area (Å²) in [5.41, 5.74) is 8.31. The van der Waals surface area contributed by atoms with Crippen molar-refractivity contribution in [1.29, 1.82) is 0 Å². The summed E-state index contributed by atoms with van der Waals surface area (Å²) >= 11 is 1.82. The number of fused-ring (bicyclic) bond motifs is 3. The number of pyridine rings is 1. The van der Waals surface area contributed by atoms with Crippen molar-refractivity contribution in [2.75, 3.05) is 13.2 Å². The summed E-state index contributed by atoms with van der Waals surface area (Å²) in [6, 6.07) is 19.5. The molecule has 1 atom stereocenters. The SMILES string of the molecule is CCCC(C(=O)OCC)c1c(C)nc2sc3c(c2c1-c1ccc(C)cc1)CCN(Cc1ccccc1)C3. The quantitative estimate of drug-likeness (QED) is 0.228. The molecule has 5 rings (SSSR count). The van der Waals surface area contributed by atoms with E-state index in [0.717, 1.165) is 60.5 Å². The van der Waals surface area contributed by atoms with Crippen LogP contribution in [-0.4, -0.2) is 29.0 Å². The van der Waals surface area contributed by atoms with Crippen molar-refractivity contribution in [2.45, 2.75) is 66.0 Å². The Balaban J connectivity index is 1.66. The van der Waals surface area contributed by atoms with Gasteiger partial charge in [0.05, 0.1) is 12.5 Å². The molecule has 37 heavy (non-hydrogen) atoms. The van der Waals surface area contributed by atoms with E-state index in [9.17, 15) is 4.79 Å². The smallest absolute Gasteiger partial charge is 0.313 e. The summed E-state index contributed by atoms with van der Waals surface area (Å²) in [7, 11) is 0. The molecule has 192 valence electrons. The highest BCUT2D eigenvalue weighted by Gasteiger charge is 2.31. The van der Waals surface area contributed by atoms with Crippen LogP contribution in [0.3, 0.4) is 0 Å². The Morgan fingerprint density at radius 1 is 1.08 bits per heavy atom. The number of ether oxygens (including phenoxy) is 1. The van der Waals surface area contributed by atoms with Gasteiger partial charge < -0.3 is 4.74 Å². The molecule has 5 heteroatoms. The number of esters is 1. The molecule has 1 aliphatic heterocycles. The number of aryl methyl sites for hydroxylation is 2. The van der Waals surface area contributed by atoms with Gasteiger partial charge in [0, 0.05) is 35.6 Å². The van der Waals surface area contributed by atoms with Crippen LogP contribution in [0.1, 0.15) is 65.4 Å². The number of carbonyl (C=O) groups excluding carboxylic acids is 1. The monoisotopic (exact) mass is 512 g/mol. The van der Waals surface area contributed by atoms with Crippen LogP contribution in [0.4, 0.5) is 0 Å². The fourth-order valence-corrected chi connectivity index (χ4v) is 6.96. The second-order valence-corrected chi connectivity index (χ2v) is 11.2. The standard InChI is InChI=1S/C32H36N2O2S/c1-5-10-26(32(35)36-6-2)28-22(4)33-31-30(29(28)24-15-13-21(3)14-16-24)25-17-18-34(20-27(25)37-31)19-23-11-8-7-9-12-23/h7-9,11-16,26H,5-6,10,17-20H2,1-4H3. The zero-order valence-electron chi connectivity index (χ0n) is 22.3. The second-order valence-electron chi connectivity index (χ2n) is 10.1. The summed E-state index contributed by atoms with van der Waals surface area (Å²) in [5, 5.41) is 1.24. The first kappa shape index (κ1) is 25.6. The van der Waals surface area contributed by atoms with E-state index in [-0.39, 0.29) is 11.9 Å². The van der Waals surface area contributed by atoms with Gasteiger partial charge >= 0.3 is 5.97 Å². The average Bonchev–Trinajstić information content (AvgIpc) is 3.25. The molecule has 2 aromatic heterocycles. The highest BCUT2D eigenvalue weighted by molar-refractivity contribution is 7.19. The first-order chi connectivity index (χ1) is 18.0. The minimum atomic E-state index is -0.313. The molecular weight excluding hydrogens is 476 g/mol. The Bertz CT molecular complexity index is 1390. The Kier molecular flexibility index (Phi) is 7.73. The predicted octanol–water partition coefficient (Wildman–Crippen LogP) is 7.59. The fourth-order valence-electron chi connectivity index (χ4n) is 5.64. The van der Waals surface area contributed by atoms with E-state index in [1.165, 1.54) is 32.5 Å². The molecule has 0 saturated heterocycles. The lowest BCUT2D eigenvalue weighted by Gasteiger charge is -2.27. The number of benzene rings is 2. The van der Waals surface area contributed by atoms with Gasteiger partial charge in [-0.15, -0.1) is 11.3 Å². The molecule has 0 amide bonds. The normalized spacial score (nSPS) is 14.5. The van der Waals surface area contributed by atoms with E-state index < -0.39 is 0 Å². The molecule has 0 saturated carbocycles. The maximum absolute atomic E-state index is 13.2. The number of rotatable bonds is 8. The van der Waals surface area contributed by atoms with Gasteiger partial charge in [-0.25, -0.2) is 4.98 Å². The molecule has 3 heterocycles. The number of aromatic nitrogens is 1. The zero-order valence-corrected chi connectivity index (χ0v) is 23.2. The Hall–Kier alpha value is -3.02. The lowest BCUT2D eigenvalue weighted by atomic mass is 9.84. The molecule has 0 bridgehead atoms. The molecule has 0 N–H and O–H groups in total. The summed E-state index contributed by atoms with van der Waals surface area (Å²) in [5.74, 6) is -0.452. The minimum absolute atomic E-state index is 0.139. The average molecular weight is 513 g/mol. The van der Waals surface area contributed by atoms with Gasteiger partial charge in [-0.1, -0.05) is 73.5 Å². The maximum Gasteiger partial charge on any atom is 0.313 e. The lowest BCUT2D eigenvalue weighted by Crippen LogP contribution is -2.29. The third-order valence-electron chi connectivity index (χ3n) is 7.38. The van der Waals surface area contributed by atoms with Crippen molar-refractivity contribution in [1.82, 2.24) is 9.88 Å². The Labute approximate surface area is 224 Å². The van der Waals surface area contributed by atoms with Crippen molar-refractivity contribution >= 4 is 27.5 Å². The molecule has 4 aromatic rings. The topological polar surface area (TPSA) is 42.4 Å². The van der Waals surface area contributed by atoms with Gasteiger partial charge in [0.15, 0.2) is 0 Å². The van der Waals surface area contributed by atoms with Crippen LogP contribution >= 0.6 is 11.3 Å². The minimum Gasteiger partial charge on any atom is -0.466 e. The summed E-state index contributed by atoms with van der Waals surface area (Å²) in [4.78, 5) is 23.4. The number of nitrogens with zero attached hydrogens (tertiary/aromatic N) is 2. The second kappa shape index (κ2) is 11.2. The largest absolute Gasteiger partial charge is 0.466 e. The molecule has 0 aliphatic carbocycles. The molecule has 0 fully saturated rings. The van der Waals surface area contributed by atoms with Gasteiger partial charge in [0.25, 0.3) is 0 Å². The van der Waals surface area contributed by atoms with Crippen LogP contribution in [0.15, 0.2) is 54.6 Å². The van der Waals surface area contributed by atoms with Gasteiger partial charge in [-0.3, -0.25) is 9.69 Å². The summed E-state index contributed by atoms with van der Waals surface area (Å²) < 4.78 is 5.58. The first-order valence-electron chi connectivity index (χ1n) is 13.4. The van der Waals surface area contributed by atoms with Crippen LogP contribution in [0, 0.1) is 13.8 Å². The Morgan fingerprint density at radius 2 is 1.84 bits per heavy atom. The maximum atomic E-state index is 13.2. The van der Waals surface area contributed by atoms with E-state index in [2.05, 4.69) is 80.3 Å². The molecule has 0 spiro atoms. The Morgan fingerprint density at radius 3 is 2.54 bits per heavy atom. The van der Waals surface area contributed by atoms with Gasteiger partial charge in [0.1, 0.15) is 4.83 Å². The van der Waals surface area contributed by atoms with Gasteiger partial charge in [0.2, 0.25) is 0 Å². The van der Waals surface area contributed by atoms with E-state index in [4.69, 9.17) is 9.72 Å². The number of carbonyl (C=O) groups is 1. The number of hydrogen-bond acceptors (Lipinski definition) is 5. The zero-order chi connectivity index (χ0) is 25.9. The van der Waals surface area contributed by atoms with Crippen LogP contribution in [-0.2, 0) is 29.0 Å². The molecule has 2 aromatic carbocycles. The molecular formula is C32H36N2O2S. The van der Waals surface area contributed by atoms with Gasteiger partial charge in [-0.05, 0) is 61.4 Å². The van der Waals surface area contributed by atoms with Crippen molar-refractivity contribution < 1.29 is 9.53 Å². The van der Waals surface area contributed by atoms with Crippen LogP contribution in [0.5, 0.6) is 0 Å². The molecule has 1 unspecified atom stereocenters. The van der Waals surface area contributed by atoms with Crippen molar-refractivity contribution in [3.63, 3.8) is 0 Å². The number of thiophene rings is 1. The highest BCUT2D eigenvalue weighted by atomic mass is 32.1. The van der Waals surface area contributed by atoms with E-state index in [0.29, 0.717) is 6.61 Å². The van der Waals surface area contributed by atoms with Gasteiger partial charge in [-0.2, -0.15) is 0 Å². The van der Waals surface area contributed by atoms with E-state index in [1.807, 2.05) is 18.3 Å². The summed E-state index contributed by atoms with van der Waals surface area (Å²) in [6.45, 7) is 11.5. The summed E-state index contributed by atoms with van der Waals surface area (Å²) in [6.07, 6.45) is 2.65. The van der Waals surface area contributed by atoms with E-state index >= 15 is 0 Å². The molecule has 4 nitrogen and oxygen atoms in total. The lowest BCUT2D eigenvalue weighted by molar-refractivity contribution is -0.145. The predicted molar refractivity (Wildman–Crippen MR) is 153 cm³/mol. The molecule has 1 aliphatic rings. The van der Waals surface area contributed by atoms with Crippen LogP contribution in [0.2, 0.25) is 0 Å². The fraction of sp³-hybridized carbons (Fsp3) is 0.375. The third kappa shape index (κ3) is 5.21. The van der Waals surface area contributed by atoms with Crippen molar-refractivity contribution in [2.24, 2.45) is 0 Å².